The van der Waals surface area contributed by atoms with Gasteiger partial charge < -0.3 is 10.4 Å². The van der Waals surface area contributed by atoms with Gasteiger partial charge in [-0.1, -0.05) is 6.92 Å². The number of aryl methyl sites for hydroxylation is 2. The molecular formula is C13H18N2O3S. The number of amides is 1. The molecule has 1 aromatic rings. The first kappa shape index (κ1) is 14.0. The topological polar surface area (TPSA) is 79.3 Å². The fourth-order valence-electron chi connectivity index (χ4n) is 2.40. The van der Waals surface area contributed by atoms with Crippen LogP contribution in [0.1, 0.15) is 46.6 Å². The summed E-state index contributed by atoms with van der Waals surface area (Å²) < 4.78 is 0. The van der Waals surface area contributed by atoms with E-state index in [2.05, 4.69) is 10.3 Å². The zero-order valence-corrected chi connectivity index (χ0v) is 11.9. The van der Waals surface area contributed by atoms with E-state index in [1.807, 2.05) is 13.8 Å². The predicted molar refractivity (Wildman–Crippen MR) is 72.5 cm³/mol. The lowest BCUT2D eigenvalue weighted by Crippen LogP contribution is -2.33. The molecule has 0 aliphatic heterocycles. The third kappa shape index (κ3) is 3.12. The molecule has 0 bridgehead atoms. The average Bonchev–Trinajstić information content (AvgIpc) is 2.95. The fraction of sp³-hybridized carbons (Fsp3) is 0.615. The average molecular weight is 282 g/mol. The molecule has 1 fully saturated rings. The first-order valence-corrected chi connectivity index (χ1v) is 7.32. The van der Waals surface area contributed by atoms with E-state index in [4.69, 9.17) is 5.11 Å². The summed E-state index contributed by atoms with van der Waals surface area (Å²) in [7, 11) is 0. The van der Waals surface area contributed by atoms with Crippen LogP contribution < -0.4 is 5.32 Å². The first-order chi connectivity index (χ1) is 9.01. The van der Waals surface area contributed by atoms with Crippen LogP contribution in [-0.4, -0.2) is 28.0 Å². The normalized spacial score (nSPS) is 22.4. The Kier molecular flexibility index (Phi) is 4.19. The SMILES string of the molecule is CCc1nc(C)c(C(=O)N[C@H]2CC[C@@H](C(=O)O)C2)s1. The number of carbonyl (C=O) groups excluding carboxylic acids is 1. The summed E-state index contributed by atoms with van der Waals surface area (Å²) in [6.45, 7) is 3.84. The highest BCUT2D eigenvalue weighted by Crippen LogP contribution is 2.26. The van der Waals surface area contributed by atoms with Crippen molar-refractivity contribution in [2.24, 2.45) is 5.92 Å². The maximum Gasteiger partial charge on any atom is 0.306 e. The van der Waals surface area contributed by atoms with E-state index in [0.717, 1.165) is 23.5 Å². The van der Waals surface area contributed by atoms with Crippen molar-refractivity contribution in [2.75, 3.05) is 0 Å². The van der Waals surface area contributed by atoms with E-state index in [9.17, 15) is 9.59 Å². The van der Waals surface area contributed by atoms with Crippen molar-refractivity contribution in [3.8, 4) is 0 Å². The van der Waals surface area contributed by atoms with Crippen LogP contribution in [0.3, 0.4) is 0 Å². The van der Waals surface area contributed by atoms with Gasteiger partial charge in [0.15, 0.2) is 0 Å². The molecule has 1 heterocycles. The van der Waals surface area contributed by atoms with E-state index in [0.29, 0.717) is 17.7 Å². The van der Waals surface area contributed by atoms with Gasteiger partial charge in [-0.25, -0.2) is 4.98 Å². The molecule has 2 N–H and O–H groups in total. The maximum atomic E-state index is 12.1. The monoisotopic (exact) mass is 282 g/mol. The number of rotatable bonds is 4. The van der Waals surface area contributed by atoms with Gasteiger partial charge in [0.05, 0.1) is 16.6 Å². The molecule has 1 aliphatic rings. The highest BCUT2D eigenvalue weighted by molar-refractivity contribution is 7.13. The number of hydrogen-bond acceptors (Lipinski definition) is 4. The van der Waals surface area contributed by atoms with Crippen LogP contribution >= 0.6 is 11.3 Å². The highest BCUT2D eigenvalue weighted by Gasteiger charge is 2.31. The molecule has 2 atom stereocenters. The minimum Gasteiger partial charge on any atom is -0.481 e. The van der Waals surface area contributed by atoms with Gasteiger partial charge in [-0.05, 0) is 32.6 Å². The second-order valence-corrected chi connectivity index (χ2v) is 5.98. The summed E-state index contributed by atoms with van der Waals surface area (Å²) in [4.78, 5) is 28.0. The van der Waals surface area contributed by atoms with Crippen molar-refractivity contribution in [3.63, 3.8) is 0 Å². The molecule has 1 aromatic heterocycles. The fourth-order valence-corrected chi connectivity index (χ4v) is 3.31. The second-order valence-electron chi connectivity index (χ2n) is 4.89. The van der Waals surface area contributed by atoms with Crippen molar-refractivity contribution in [1.29, 1.82) is 0 Å². The van der Waals surface area contributed by atoms with E-state index < -0.39 is 5.97 Å². The highest BCUT2D eigenvalue weighted by atomic mass is 32.1. The minimum atomic E-state index is -0.765. The maximum absolute atomic E-state index is 12.1. The zero-order valence-electron chi connectivity index (χ0n) is 11.1. The summed E-state index contributed by atoms with van der Waals surface area (Å²) in [5.41, 5.74) is 0.757. The first-order valence-electron chi connectivity index (χ1n) is 6.51. The van der Waals surface area contributed by atoms with Gasteiger partial charge in [0.25, 0.3) is 5.91 Å². The Morgan fingerprint density at radius 3 is 2.74 bits per heavy atom. The summed E-state index contributed by atoms with van der Waals surface area (Å²) in [5.74, 6) is -1.20. The number of hydrogen-bond donors (Lipinski definition) is 2. The number of nitrogens with zero attached hydrogens (tertiary/aromatic N) is 1. The number of carbonyl (C=O) groups is 2. The molecule has 0 radical (unpaired) electrons. The molecule has 1 amide bonds. The second kappa shape index (κ2) is 5.69. The molecular weight excluding hydrogens is 264 g/mol. The quantitative estimate of drug-likeness (QED) is 0.885. The Morgan fingerprint density at radius 2 is 2.21 bits per heavy atom. The molecule has 1 aliphatic carbocycles. The number of carboxylic acid groups (broad SMARTS) is 1. The lowest BCUT2D eigenvalue weighted by Gasteiger charge is -2.11. The Hall–Kier alpha value is -1.43. The van der Waals surface area contributed by atoms with Crippen molar-refractivity contribution < 1.29 is 14.7 Å². The molecule has 1 saturated carbocycles. The third-order valence-corrected chi connectivity index (χ3v) is 4.77. The van der Waals surface area contributed by atoms with E-state index in [-0.39, 0.29) is 17.9 Å². The predicted octanol–water partition coefficient (Wildman–Crippen LogP) is 2.00. The molecule has 0 unspecified atom stereocenters. The van der Waals surface area contributed by atoms with Crippen molar-refractivity contribution >= 4 is 23.2 Å². The Balaban J connectivity index is 1.98. The van der Waals surface area contributed by atoms with Crippen LogP contribution in [0.4, 0.5) is 0 Å². The largest absolute Gasteiger partial charge is 0.481 e. The number of nitrogens with one attached hydrogen (secondary N) is 1. The molecule has 2 rings (SSSR count). The van der Waals surface area contributed by atoms with Gasteiger partial charge in [0.1, 0.15) is 4.88 Å². The molecule has 6 heteroatoms. The number of aliphatic carboxylic acids is 1. The minimum absolute atomic E-state index is 0.0276. The summed E-state index contributed by atoms with van der Waals surface area (Å²) in [6.07, 6.45) is 2.73. The van der Waals surface area contributed by atoms with E-state index in [1.165, 1.54) is 11.3 Å². The van der Waals surface area contributed by atoms with Crippen LogP contribution in [-0.2, 0) is 11.2 Å². The number of aromatic nitrogens is 1. The van der Waals surface area contributed by atoms with Crippen LogP contribution in [0.15, 0.2) is 0 Å². The number of carboxylic acids is 1. The molecule has 0 spiro atoms. The Labute approximate surface area is 116 Å². The summed E-state index contributed by atoms with van der Waals surface area (Å²) in [5, 5.41) is 12.8. The summed E-state index contributed by atoms with van der Waals surface area (Å²) >= 11 is 1.42. The number of thiazole rings is 1. The third-order valence-electron chi connectivity index (χ3n) is 3.47. The van der Waals surface area contributed by atoms with E-state index in [1.54, 1.807) is 0 Å². The molecule has 0 saturated heterocycles. The lowest BCUT2D eigenvalue weighted by atomic mass is 10.1. The molecule has 104 valence electrons. The van der Waals surface area contributed by atoms with Gasteiger partial charge >= 0.3 is 5.97 Å². The Morgan fingerprint density at radius 1 is 1.47 bits per heavy atom. The van der Waals surface area contributed by atoms with Crippen LogP contribution in [0.25, 0.3) is 0 Å². The van der Waals surface area contributed by atoms with E-state index >= 15 is 0 Å². The van der Waals surface area contributed by atoms with Crippen LogP contribution in [0.5, 0.6) is 0 Å². The van der Waals surface area contributed by atoms with Crippen molar-refractivity contribution in [3.05, 3.63) is 15.6 Å². The van der Waals surface area contributed by atoms with Gasteiger partial charge in [-0.2, -0.15) is 0 Å². The Bertz CT molecular complexity index is 498. The van der Waals surface area contributed by atoms with Gasteiger partial charge in [-0.15, -0.1) is 11.3 Å². The van der Waals surface area contributed by atoms with Gasteiger partial charge in [0, 0.05) is 6.04 Å². The van der Waals surface area contributed by atoms with Gasteiger partial charge in [-0.3, -0.25) is 9.59 Å². The van der Waals surface area contributed by atoms with Crippen molar-refractivity contribution in [2.45, 2.75) is 45.6 Å². The van der Waals surface area contributed by atoms with Gasteiger partial charge in [0.2, 0.25) is 0 Å². The standard InChI is InChI=1S/C13H18N2O3S/c1-3-10-14-7(2)11(19-10)12(16)15-9-5-4-8(6-9)13(17)18/h8-9H,3-6H2,1-2H3,(H,15,16)(H,17,18)/t8-,9+/m1/s1. The molecule has 19 heavy (non-hydrogen) atoms. The summed E-state index contributed by atoms with van der Waals surface area (Å²) in [6, 6.07) is -0.0276. The molecule has 0 aromatic carbocycles. The van der Waals surface area contributed by atoms with Crippen LogP contribution in [0, 0.1) is 12.8 Å². The zero-order chi connectivity index (χ0) is 14.0. The van der Waals surface area contributed by atoms with Crippen LogP contribution in [0.2, 0.25) is 0 Å². The van der Waals surface area contributed by atoms with Crippen molar-refractivity contribution in [1.82, 2.24) is 10.3 Å². The lowest BCUT2D eigenvalue weighted by molar-refractivity contribution is -0.141. The molecule has 5 nitrogen and oxygen atoms in total. The smallest absolute Gasteiger partial charge is 0.306 e.